The van der Waals surface area contributed by atoms with Gasteiger partial charge in [-0.05, 0) is 68.9 Å². The lowest BCUT2D eigenvalue weighted by Gasteiger charge is -2.09. The average molecular weight is 467 g/mol. The monoisotopic (exact) mass is 466 g/mol. The molecular formula is C12H9BrClIN4O. The van der Waals surface area contributed by atoms with Gasteiger partial charge in [0.1, 0.15) is 11.0 Å². The summed E-state index contributed by atoms with van der Waals surface area (Å²) < 4.78 is 1.81. The van der Waals surface area contributed by atoms with E-state index in [2.05, 4.69) is 54.2 Å². The molecule has 5 nitrogen and oxygen atoms in total. The molecule has 8 heteroatoms. The summed E-state index contributed by atoms with van der Waals surface area (Å²) in [4.78, 5) is 16.1. The molecular weight excluding hydrogens is 458 g/mol. The third-order valence-corrected chi connectivity index (χ3v) is 3.94. The number of nitrogens with two attached hydrogens (primary N) is 1. The molecule has 1 aromatic carbocycles. The van der Waals surface area contributed by atoms with Gasteiger partial charge in [0, 0.05) is 13.6 Å². The van der Waals surface area contributed by atoms with Gasteiger partial charge in [0.05, 0.1) is 5.69 Å². The van der Waals surface area contributed by atoms with E-state index >= 15 is 0 Å². The minimum Gasteiger partial charge on any atom is -0.321 e. The van der Waals surface area contributed by atoms with Crippen LogP contribution in [0.3, 0.4) is 0 Å². The maximum Gasteiger partial charge on any atom is 0.255 e. The number of pyridine rings is 1. The fourth-order valence-electron chi connectivity index (χ4n) is 1.49. The van der Waals surface area contributed by atoms with Crippen LogP contribution in [0.5, 0.6) is 0 Å². The molecule has 104 valence electrons. The molecule has 0 aliphatic heterocycles. The Hall–Kier alpha value is -0.900. The first-order valence-corrected chi connectivity index (χ1v) is 7.65. The van der Waals surface area contributed by atoms with Crippen molar-refractivity contribution in [3.05, 3.63) is 49.1 Å². The highest BCUT2D eigenvalue weighted by molar-refractivity contribution is 14.1. The highest BCUT2D eigenvalue weighted by Gasteiger charge is 2.11. The van der Waals surface area contributed by atoms with E-state index in [-0.39, 0.29) is 11.1 Å². The second kappa shape index (κ2) is 6.70. The zero-order chi connectivity index (χ0) is 14.7. The van der Waals surface area contributed by atoms with Crippen molar-refractivity contribution in [1.82, 2.24) is 4.98 Å². The second-order valence-electron chi connectivity index (χ2n) is 3.79. The number of hydrogen-bond donors (Lipinski definition) is 3. The van der Waals surface area contributed by atoms with Gasteiger partial charge in [0.25, 0.3) is 5.91 Å². The Kier molecular flexibility index (Phi) is 5.19. The van der Waals surface area contributed by atoms with Gasteiger partial charge in [-0.1, -0.05) is 11.6 Å². The van der Waals surface area contributed by atoms with Crippen LogP contribution >= 0.6 is 50.1 Å². The highest BCUT2D eigenvalue weighted by atomic mass is 127. The van der Waals surface area contributed by atoms with E-state index < -0.39 is 0 Å². The summed E-state index contributed by atoms with van der Waals surface area (Å²) in [6, 6.07) is 8.64. The molecule has 1 aromatic heterocycles. The Labute approximate surface area is 142 Å². The molecule has 0 aliphatic rings. The zero-order valence-corrected chi connectivity index (χ0v) is 14.5. The van der Waals surface area contributed by atoms with Gasteiger partial charge in [0.15, 0.2) is 0 Å². The molecule has 0 atom stereocenters. The molecule has 0 unspecified atom stereocenters. The normalized spacial score (nSPS) is 10.2. The first-order valence-electron chi connectivity index (χ1n) is 5.40. The van der Waals surface area contributed by atoms with Crippen LogP contribution in [0.15, 0.2) is 34.8 Å². The molecule has 0 saturated heterocycles. The van der Waals surface area contributed by atoms with Crippen LogP contribution in [0.25, 0.3) is 0 Å². The van der Waals surface area contributed by atoms with E-state index in [1.165, 1.54) is 12.1 Å². The number of nitrogens with zero attached hydrogens (tertiary/aromatic N) is 1. The molecule has 0 spiro atoms. The van der Waals surface area contributed by atoms with Crippen LogP contribution < -0.4 is 16.6 Å². The van der Waals surface area contributed by atoms with Crippen molar-refractivity contribution >= 4 is 67.5 Å². The minimum atomic E-state index is -0.298. The summed E-state index contributed by atoms with van der Waals surface area (Å²) in [5.74, 6) is 5.30. The van der Waals surface area contributed by atoms with Crippen molar-refractivity contribution in [3.8, 4) is 0 Å². The molecule has 4 N–H and O–H groups in total. The number of halogens is 3. The van der Waals surface area contributed by atoms with E-state index in [9.17, 15) is 4.79 Å². The number of nitrogen functional groups attached to an aromatic ring is 1. The van der Waals surface area contributed by atoms with E-state index in [1.807, 2.05) is 18.2 Å². The predicted molar refractivity (Wildman–Crippen MR) is 91.9 cm³/mol. The molecule has 0 bridgehead atoms. The number of amides is 1. The summed E-state index contributed by atoms with van der Waals surface area (Å²) in [6.07, 6.45) is 0. The van der Waals surface area contributed by atoms with Crippen molar-refractivity contribution in [2.24, 2.45) is 5.84 Å². The van der Waals surface area contributed by atoms with Gasteiger partial charge >= 0.3 is 0 Å². The van der Waals surface area contributed by atoms with Crippen LogP contribution in [0.1, 0.15) is 10.4 Å². The van der Waals surface area contributed by atoms with Crippen molar-refractivity contribution in [2.45, 2.75) is 0 Å². The van der Waals surface area contributed by atoms with E-state index in [1.54, 1.807) is 0 Å². The number of anilines is 2. The Bertz CT molecular complexity index is 668. The van der Waals surface area contributed by atoms with Crippen molar-refractivity contribution in [2.75, 3.05) is 10.7 Å². The molecule has 0 radical (unpaired) electrons. The summed E-state index contributed by atoms with van der Waals surface area (Å²) in [5.41, 5.74) is 3.40. The summed E-state index contributed by atoms with van der Waals surface area (Å²) in [7, 11) is 0. The zero-order valence-electron chi connectivity index (χ0n) is 9.95. The first-order chi connectivity index (χ1) is 9.49. The van der Waals surface area contributed by atoms with Crippen LogP contribution in [0.2, 0.25) is 5.15 Å². The summed E-state index contributed by atoms with van der Waals surface area (Å²) in [5, 5.41) is 2.99. The fraction of sp³-hybridized carbons (Fsp3) is 0. The summed E-state index contributed by atoms with van der Waals surface area (Å²) in [6.45, 7) is 0. The molecule has 0 fully saturated rings. The quantitative estimate of drug-likeness (QED) is 0.279. The van der Waals surface area contributed by atoms with Crippen molar-refractivity contribution < 1.29 is 4.79 Å². The minimum absolute atomic E-state index is 0.187. The van der Waals surface area contributed by atoms with E-state index in [0.717, 1.165) is 8.04 Å². The molecule has 2 aromatic rings. The smallest absolute Gasteiger partial charge is 0.255 e. The standard InChI is InChI=1S/C12H9BrClIN4O/c13-8-2-1-7(15)5-9(8)17-12(20)6-3-10(14)18-11(4-6)19-16/h1-5H,16H2,(H,17,20)(H,18,19). The third kappa shape index (κ3) is 3.81. The molecule has 2 rings (SSSR count). The molecule has 0 aliphatic carbocycles. The van der Waals surface area contributed by atoms with Crippen molar-refractivity contribution in [3.63, 3.8) is 0 Å². The van der Waals surface area contributed by atoms with Crippen LogP contribution in [-0.4, -0.2) is 10.9 Å². The topological polar surface area (TPSA) is 80.0 Å². The van der Waals surface area contributed by atoms with Gasteiger partial charge < -0.3 is 10.7 Å². The number of benzene rings is 1. The van der Waals surface area contributed by atoms with Crippen LogP contribution in [-0.2, 0) is 0 Å². The third-order valence-electron chi connectivity index (χ3n) is 2.38. The average Bonchev–Trinajstić information content (AvgIpc) is 2.42. The van der Waals surface area contributed by atoms with Crippen LogP contribution in [0, 0.1) is 3.57 Å². The Morgan fingerprint density at radius 2 is 2.10 bits per heavy atom. The van der Waals surface area contributed by atoms with Gasteiger partial charge in [-0.2, -0.15) is 0 Å². The van der Waals surface area contributed by atoms with Gasteiger partial charge in [-0.25, -0.2) is 10.8 Å². The van der Waals surface area contributed by atoms with Gasteiger partial charge in [-0.3, -0.25) is 4.79 Å². The van der Waals surface area contributed by atoms with Crippen molar-refractivity contribution in [1.29, 1.82) is 0 Å². The number of hydrazine groups is 1. The SMILES string of the molecule is NNc1cc(C(=O)Nc2cc(I)ccc2Br)cc(Cl)n1. The lowest BCUT2D eigenvalue weighted by Crippen LogP contribution is -2.15. The maximum atomic E-state index is 12.2. The number of carbonyl (C=O) groups is 1. The Balaban J connectivity index is 2.28. The highest BCUT2D eigenvalue weighted by Crippen LogP contribution is 2.25. The fourth-order valence-corrected chi connectivity index (χ4v) is 2.54. The Morgan fingerprint density at radius 3 is 2.80 bits per heavy atom. The largest absolute Gasteiger partial charge is 0.321 e. The van der Waals surface area contributed by atoms with E-state index in [0.29, 0.717) is 17.1 Å². The lowest BCUT2D eigenvalue weighted by molar-refractivity contribution is 0.102. The second-order valence-corrected chi connectivity index (χ2v) is 6.27. The van der Waals surface area contributed by atoms with Gasteiger partial charge in [0.2, 0.25) is 0 Å². The molecule has 1 heterocycles. The number of nitrogens with one attached hydrogen (secondary N) is 2. The summed E-state index contributed by atoms with van der Waals surface area (Å²) >= 11 is 11.4. The molecule has 0 saturated carbocycles. The first kappa shape index (κ1) is 15.5. The number of aromatic nitrogens is 1. The van der Waals surface area contributed by atoms with Crippen LogP contribution in [0.4, 0.5) is 11.5 Å². The van der Waals surface area contributed by atoms with Gasteiger partial charge in [-0.15, -0.1) is 0 Å². The predicted octanol–water partition coefficient (Wildman–Crippen LogP) is 3.64. The lowest BCUT2D eigenvalue weighted by atomic mass is 10.2. The van der Waals surface area contributed by atoms with E-state index in [4.69, 9.17) is 17.4 Å². The molecule has 20 heavy (non-hydrogen) atoms. The number of hydrogen-bond acceptors (Lipinski definition) is 4. The maximum absolute atomic E-state index is 12.2. The molecule has 1 amide bonds. The number of carbonyl (C=O) groups excluding carboxylic acids is 1. The Morgan fingerprint density at radius 1 is 1.35 bits per heavy atom. The number of rotatable bonds is 3.